The monoisotopic (exact) mass is 425 g/mol. The van der Waals surface area contributed by atoms with Crippen molar-refractivity contribution in [3.63, 3.8) is 0 Å². The summed E-state index contributed by atoms with van der Waals surface area (Å²) >= 11 is 0. The average molecular weight is 426 g/mol. The number of carbonyl (C=O) groups excluding carboxylic acids is 3. The van der Waals surface area contributed by atoms with Crippen molar-refractivity contribution in [2.45, 2.75) is 40.5 Å². The van der Waals surface area contributed by atoms with Gasteiger partial charge < -0.3 is 20.7 Å². The number of aryl methyl sites for hydroxylation is 3. The molecule has 0 aliphatic heterocycles. The first-order valence-electron chi connectivity index (χ1n) is 10.5. The van der Waals surface area contributed by atoms with Crippen LogP contribution < -0.4 is 20.7 Å². The van der Waals surface area contributed by atoms with Crippen molar-refractivity contribution in [3.8, 4) is 5.75 Å². The predicted molar refractivity (Wildman–Crippen MR) is 121 cm³/mol. The standard InChI is InChI=1S/C24H31N3O4/c1-5-6-11-31-20-9-7-19(8-10-20)24(30)26-14-21(28)25-15-22(29)27-23-17(3)12-16(2)13-18(23)4/h7-10,12-13H,5-6,11,14-15H2,1-4H3,(H,25,28)(H,26,30)(H,27,29). The van der Waals surface area contributed by atoms with Crippen LogP contribution in [0.1, 0.15) is 46.8 Å². The van der Waals surface area contributed by atoms with Crippen LogP contribution in [0, 0.1) is 20.8 Å². The molecule has 31 heavy (non-hydrogen) atoms. The van der Waals surface area contributed by atoms with Gasteiger partial charge in [-0.3, -0.25) is 14.4 Å². The third-order valence-electron chi connectivity index (χ3n) is 4.68. The van der Waals surface area contributed by atoms with Gasteiger partial charge in [-0.05, 0) is 62.6 Å². The molecule has 0 atom stereocenters. The molecule has 0 spiro atoms. The van der Waals surface area contributed by atoms with Gasteiger partial charge in [0.05, 0.1) is 19.7 Å². The summed E-state index contributed by atoms with van der Waals surface area (Å²) in [7, 11) is 0. The van der Waals surface area contributed by atoms with E-state index in [0.717, 1.165) is 35.2 Å². The fourth-order valence-corrected chi connectivity index (χ4v) is 3.10. The van der Waals surface area contributed by atoms with E-state index in [1.165, 1.54) is 0 Å². The van der Waals surface area contributed by atoms with Crippen molar-refractivity contribution in [1.29, 1.82) is 0 Å². The Balaban J connectivity index is 1.75. The second-order valence-corrected chi connectivity index (χ2v) is 7.51. The number of hydrogen-bond acceptors (Lipinski definition) is 4. The average Bonchev–Trinajstić information content (AvgIpc) is 2.73. The second kappa shape index (κ2) is 11.7. The van der Waals surface area contributed by atoms with Crippen LogP contribution in [0.4, 0.5) is 5.69 Å². The van der Waals surface area contributed by atoms with Gasteiger partial charge in [0.1, 0.15) is 5.75 Å². The van der Waals surface area contributed by atoms with Crippen molar-refractivity contribution in [2.75, 3.05) is 25.0 Å². The minimum Gasteiger partial charge on any atom is -0.494 e. The van der Waals surface area contributed by atoms with Crippen LogP contribution in [0.5, 0.6) is 5.75 Å². The SMILES string of the molecule is CCCCOc1ccc(C(=O)NCC(=O)NCC(=O)Nc2c(C)cc(C)cc2C)cc1. The molecule has 2 aromatic carbocycles. The molecule has 0 aliphatic carbocycles. The van der Waals surface area contributed by atoms with Crippen LogP contribution >= 0.6 is 0 Å². The van der Waals surface area contributed by atoms with Gasteiger partial charge in [-0.1, -0.05) is 31.0 Å². The van der Waals surface area contributed by atoms with Gasteiger partial charge >= 0.3 is 0 Å². The van der Waals surface area contributed by atoms with Gasteiger partial charge in [0.15, 0.2) is 0 Å². The highest BCUT2D eigenvalue weighted by atomic mass is 16.5. The highest BCUT2D eigenvalue weighted by molar-refractivity contribution is 5.98. The number of unbranched alkanes of at least 4 members (excludes halogenated alkanes) is 1. The minimum atomic E-state index is -0.444. The molecule has 0 aromatic heterocycles. The molecule has 0 radical (unpaired) electrons. The molecule has 0 saturated heterocycles. The number of benzene rings is 2. The maximum absolute atomic E-state index is 12.2. The summed E-state index contributed by atoms with van der Waals surface area (Å²) in [4.78, 5) is 36.3. The summed E-state index contributed by atoms with van der Waals surface area (Å²) in [5.41, 5.74) is 4.23. The molecule has 7 nitrogen and oxygen atoms in total. The Kier molecular flexibility index (Phi) is 9.06. The Morgan fingerprint density at radius 2 is 1.48 bits per heavy atom. The first-order chi connectivity index (χ1) is 14.8. The van der Waals surface area contributed by atoms with Crippen LogP contribution in [0.2, 0.25) is 0 Å². The van der Waals surface area contributed by atoms with E-state index < -0.39 is 5.91 Å². The Morgan fingerprint density at radius 1 is 0.871 bits per heavy atom. The number of ether oxygens (including phenoxy) is 1. The molecular formula is C24H31N3O4. The zero-order chi connectivity index (χ0) is 22.8. The highest BCUT2D eigenvalue weighted by Gasteiger charge is 2.11. The molecule has 0 bridgehead atoms. The quantitative estimate of drug-likeness (QED) is 0.509. The highest BCUT2D eigenvalue weighted by Crippen LogP contribution is 2.21. The number of hydrogen-bond donors (Lipinski definition) is 3. The van der Waals surface area contributed by atoms with Crippen LogP contribution in [0.25, 0.3) is 0 Å². The van der Waals surface area contributed by atoms with E-state index in [1.807, 2.05) is 32.9 Å². The van der Waals surface area contributed by atoms with Gasteiger partial charge in [0.25, 0.3) is 5.91 Å². The lowest BCUT2D eigenvalue weighted by atomic mass is 10.1. The van der Waals surface area contributed by atoms with Gasteiger partial charge in [-0.15, -0.1) is 0 Å². The first kappa shape index (κ1) is 23.9. The summed E-state index contributed by atoms with van der Waals surface area (Å²) in [6.07, 6.45) is 2.02. The molecule has 2 aromatic rings. The smallest absolute Gasteiger partial charge is 0.251 e. The number of rotatable bonds is 10. The van der Waals surface area contributed by atoms with Crippen LogP contribution in [-0.4, -0.2) is 37.4 Å². The minimum absolute atomic E-state index is 0.175. The summed E-state index contributed by atoms with van der Waals surface area (Å²) in [5, 5.41) is 7.88. The van der Waals surface area contributed by atoms with Gasteiger partial charge in [-0.2, -0.15) is 0 Å². The third-order valence-corrected chi connectivity index (χ3v) is 4.68. The van der Waals surface area contributed by atoms with Crippen molar-refractivity contribution < 1.29 is 19.1 Å². The molecule has 7 heteroatoms. The molecule has 0 heterocycles. The molecule has 3 N–H and O–H groups in total. The van der Waals surface area contributed by atoms with Crippen molar-refractivity contribution in [2.24, 2.45) is 0 Å². The third kappa shape index (κ3) is 7.77. The van der Waals surface area contributed by atoms with Crippen LogP contribution in [0.15, 0.2) is 36.4 Å². The van der Waals surface area contributed by atoms with Crippen LogP contribution in [0.3, 0.4) is 0 Å². The van der Waals surface area contributed by atoms with Gasteiger partial charge in [-0.25, -0.2) is 0 Å². The largest absolute Gasteiger partial charge is 0.494 e. The zero-order valence-corrected chi connectivity index (χ0v) is 18.6. The summed E-state index contributed by atoms with van der Waals surface area (Å²) in [6.45, 7) is 8.18. The molecule has 166 valence electrons. The molecule has 0 fully saturated rings. The van der Waals surface area contributed by atoms with E-state index in [2.05, 4.69) is 22.9 Å². The number of anilines is 1. The lowest BCUT2D eigenvalue weighted by Gasteiger charge is -2.13. The summed E-state index contributed by atoms with van der Waals surface area (Å²) in [6, 6.07) is 10.7. The lowest BCUT2D eigenvalue weighted by Crippen LogP contribution is -2.40. The molecule has 0 aliphatic rings. The fourth-order valence-electron chi connectivity index (χ4n) is 3.10. The van der Waals surface area contributed by atoms with E-state index in [0.29, 0.717) is 17.9 Å². The van der Waals surface area contributed by atoms with Gasteiger partial charge in [0.2, 0.25) is 11.8 Å². The number of nitrogens with one attached hydrogen (secondary N) is 3. The lowest BCUT2D eigenvalue weighted by molar-refractivity contribution is -0.123. The molecule has 0 unspecified atom stereocenters. The maximum atomic E-state index is 12.2. The van der Waals surface area contributed by atoms with Crippen molar-refractivity contribution in [3.05, 3.63) is 58.7 Å². The first-order valence-corrected chi connectivity index (χ1v) is 10.5. The molecular weight excluding hydrogens is 394 g/mol. The van der Waals surface area contributed by atoms with E-state index in [9.17, 15) is 14.4 Å². The Labute approximate surface area is 183 Å². The zero-order valence-electron chi connectivity index (χ0n) is 18.6. The molecule has 2 rings (SSSR count). The fraction of sp³-hybridized carbons (Fsp3) is 0.375. The van der Waals surface area contributed by atoms with E-state index in [4.69, 9.17) is 4.74 Å². The van der Waals surface area contributed by atoms with E-state index in [1.54, 1.807) is 24.3 Å². The maximum Gasteiger partial charge on any atom is 0.251 e. The van der Waals surface area contributed by atoms with Crippen molar-refractivity contribution >= 4 is 23.4 Å². The normalized spacial score (nSPS) is 10.3. The second-order valence-electron chi connectivity index (χ2n) is 7.51. The Hall–Kier alpha value is -3.35. The Bertz CT molecular complexity index is 900. The van der Waals surface area contributed by atoms with E-state index in [-0.39, 0.29) is 24.9 Å². The number of carbonyl (C=O) groups is 3. The molecule has 0 saturated carbocycles. The summed E-state index contributed by atoms with van der Waals surface area (Å²) in [5.74, 6) is -0.438. The molecule has 3 amide bonds. The summed E-state index contributed by atoms with van der Waals surface area (Å²) < 4.78 is 5.56. The van der Waals surface area contributed by atoms with Crippen molar-refractivity contribution in [1.82, 2.24) is 10.6 Å². The van der Waals surface area contributed by atoms with E-state index >= 15 is 0 Å². The Morgan fingerprint density at radius 3 is 2.10 bits per heavy atom. The van der Waals surface area contributed by atoms with Gasteiger partial charge in [0, 0.05) is 11.3 Å². The number of amides is 3. The predicted octanol–water partition coefficient (Wildman–Crippen LogP) is 3.28. The van der Waals surface area contributed by atoms with Crippen LogP contribution in [-0.2, 0) is 9.59 Å². The topological polar surface area (TPSA) is 96.5 Å².